The average molecular weight is 294 g/mol. The topological polar surface area (TPSA) is 65.7 Å². The van der Waals surface area contributed by atoms with E-state index in [1.54, 1.807) is 34.6 Å². The van der Waals surface area contributed by atoms with Gasteiger partial charge in [0, 0.05) is 17.3 Å². The van der Waals surface area contributed by atoms with Crippen LogP contribution in [0.4, 0.5) is 0 Å². The second-order valence-corrected chi connectivity index (χ2v) is 4.90. The lowest BCUT2D eigenvalue weighted by molar-refractivity contribution is 0.282. The highest BCUT2D eigenvalue weighted by Gasteiger charge is 2.08. The molecule has 8 heteroatoms. The van der Waals surface area contributed by atoms with Crippen molar-refractivity contribution in [2.75, 3.05) is 0 Å². The van der Waals surface area contributed by atoms with E-state index in [2.05, 4.69) is 19.9 Å². The number of halogens is 1. The molecule has 0 saturated carbocycles. The van der Waals surface area contributed by atoms with E-state index in [4.69, 9.17) is 16.3 Å². The van der Waals surface area contributed by atoms with Crippen molar-refractivity contribution < 1.29 is 4.74 Å². The molecule has 19 heavy (non-hydrogen) atoms. The molecular formula is C11H8ClN5OS. The Hall–Kier alpha value is -1.99. The van der Waals surface area contributed by atoms with Crippen LogP contribution in [-0.2, 0) is 6.61 Å². The Morgan fingerprint density at radius 1 is 1.32 bits per heavy atom. The van der Waals surface area contributed by atoms with Crippen LogP contribution in [0.2, 0.25) is 5.28 Å². The molecule has 0 bridgehead atoms. The normalized spacial score (nSPS) is 10.6. The predicted octanol–water partition coefficient (Wildman–Crippen LogP) is 2.35. The van der Waals surface area contributed by atoms with Crippen molar-refractivity contribution in [3.63, 3.8) is 0 Å². The number of imidazole rings is 1. The summed E-state index contributed by atoms with van der Waals surface area (Å²) in [6, 6.07) is 4.13. The standard InChI is InChI=1S/C11H8ClN5OS/c12-9-14-10(17-4-3-13-7-17)16-11(15-9)18-6-8-2-1-5-19-8/h1-5,7H,6H2. The van der Waals surface area contributed by atoms with Crippen LogP contribution in [0.15, 0.2) is 36.2 Å². The molecule has 0 amide bonds. The molecule has 96 valence electrons. The number of nitrogens with zero attached hydrogens (tertiary/aromatic N) is 5. The van der Waals surface area contributed by atoms with Gasteiger partial charge in [0.25, 0.3) is 0 Å². The van der Waals surface area contributed by atoms with Gasteiger partial charge in [-0.15, -0.1) is 11.3 Å². The van der Waals surface area contributed by atoms with E-state index in [1.807, 2.05) is 17.5 Å². The highest BCUT2D eigenvalue weighted by atomic mass is 35.5. The molecule has 0 saturated heterocycles. The third kappa shape index (κ3) is 2.88. The lowest BCUT2D eigenvalue weighted by atomic mass is 10.5. The van der Waals surface area contributed by atoms with E-state index in [-0.39, 0.29) is 11.3 Å². The molecule has 0 N–H and O–H groups in total. The van der Waals surface area contributed by atoms with Crippen LogP contribution in [0.25, 0.3) is 5.95 Å². The van der Waals surface area contributed by atoms with Crippen molar-refractivity contribution in [2.45, 2.75) is 6.61 Å². The van der Waals surface area contributed by atoms with Crippen molar-refractivity contribution in [1.82, 2.24) is 24.5 Å². The minimum atomic E-state index is 0.0832. The van der Waals surface area contributed by atoms with Crippen molar-refractivity contribution in [2.24, 2.45) is 0 Å². The van der Waals surface area contributed by atoms with Gasteiger partial charge in [0.05, 0.1) is 0 Å². The van der Waals surface area contributed by atoms with Gasteiger partial charge in [-0.1, -0.05) is 6.07 Å². The number of hydrogen-bond acceptors (Lipinski definition) is 6. The number of rotatable bonds is 4. The van der Waals surface area contributed by atoms with Crippen LogP contribution in [-0.4, -0.2) is 24.5 Å². The molecule has 0 aliphatic rings. The first-order chi connectivity index (χ1) is 9.31. The van der Waals surface area contributed by atoms with Gasteiger partial charge in [0.1, 0.15) is 12.9 Å². The Bertz CT molecular complexity index is 656. The number of aromatic nitrogens is 5. The smallest absolute Gasteiger partial charge is 0.322 e. The predicted molar refractivity (Wildman–Crippen MR) is 70.6 cm³/mol. The molecular weight excluding hydrogens is 286 g/mol. The van der Waals surface area contributed by atoms with Crippen LogP contribution in [0.5, 0.6) is 6.01 Å². The fraction of sp³-hybridized carbons (Fsp3) is 0.0909. The summed E-state index contributed by atoms with van der Waals surface area (Å²) in [7, 11) is 0. The number of hydrogen-bond donors (Lipinski definition) is 0. The van der Waals surface area contributed by atoms with Crippen LogP contribution in [0, 0.1) is 0 Å². The zero-order chi connectivity index (χ0) is 13.1. The molecule has 0 fully saturated rings. The average Bonchev–Trinajstić information content (AvgIpc) is 3.09. The highest BCUT2D eigenvalue weighted by Crippen LogP contribution is 2.14. The monoisotopic (exact) mass is 293 g/mol. The SMILES string of the molecule is Clc1nc(OCc2cccs2)nc(-n2ccnc2)n1. The van der Waals surface area contributed by atoms with Crippen molar-refractivity contribution in [3.05, 3.63) is 46.4 Å². The summed E-state index contributed by atoms with van der Waals surface area (Å²) < 4.78 is 7.13. The minimum Gasteiger partial charge on any atom is -0.458 e. The molecule has 0 unspecified atom stereocenters. The van der Waals surface area contributed by atoms with E-state index >= 15 is 0 Å². The van der Waals surface area contributed by atoms with Crippen molar-refractivity contribution >= 4 is 22.9 Å². The Morgan fingerprint density at radius 3 is 3.00 bits per heavy atom. The van der Waals surface area contributed by atoms with Gasteiger partial charge in [-0.3, -0.25) is 4.57 Å². The molecule has 3 heterocycles. The van der Waals surface area contributed by atoms with Crippen LogP contribution >= 0.6 is 22.9 Å². The number of thiophene rings is 1. The first-order valence-electron chi connectivity index (χ1n) is 5.36. The van der Waals surface area contributed by atoms with Gasteiger partial charge < -0.3 is 4.74 Å². The summed E-state index contributed by atoms with van der Waals surface area (Å²) in [6.45, 7) is 0.404. The summed E-state index contributed by atoms with van der Waals surface area (Å²) in [5.41, 5.74) is 0. The van der Waals surface area contributed by atoms with Gasteiger partial charge in [-0.2, -0.15) is 15.0 Å². The summed E-state index contributed by atoms with van der Waals surface area (Å²) in [6.07, 6.45) is 4.92. The maximum Gasteiger partial charge on any atom is 0.322 e. The molecule has 0 radical (unpaired) electrons. The summed E-state index contributed by atoms with van der Waals surface area (Å²) in [4.78, 5) is 17.1. The molecule has 0 aromatic carbocycles. The molecule has 0 aliphatic heterocycles. The maximum atomic E-state index is 5.85. The molecule has 3 aromatic heterocycles. The molecule has 0 spiro atoms. The molecule has 3 aromatic rings. The second-order valence-electron chi connectivity index (χ2n) is 3.53. The first kappa shape index (κ1) is 12.1. The zero-order valence-electron chi connectivity index (χ0n) is 9.60. The summed E-state index contributed by atoms with van der Waals surface area (Å²) in [5, 5.41) is 2.07. The summed E-state index contributed by atoms with van der Waals surface area (Å²) >= 11 is 7.46. The maximum absolute atomic E-state index is 5.85. The zero-order valence-corrected chi connectivity index (χ0v) is 11.2. The third-order valence-electron chi connectivity index (χ3n) is 2.23. The second kappa shape index (κ2) is 5.33. The van der Waals surface area contributed by atoms with Crippen LogP contribution in [0.3, 0.4) is 0 Å². The van der Waals surface area contributed by atoms with Crippen molar-refractivity contribution in [1.29, 1.82) is 0 Å². The highest BCUT2D eigenvalue weighted by molar-refractivity contribution is 7.09. The van der Waals surface area contributed by atoms with Gasteiger partial charge in [-0.25, -0.2) is 4.98 Å². The largest absolute Gasteiger partial charge is 0.458 e. The molecule has 0 atom stereocenters. The molecule has 3 rings (SSSR count). The lowest BCUT2D eigenvalue weighted by Crippen LogP contribution is -2.05. The molecule has 0 aliphatic carbocycles. The van der Waals surface area contributed by atoms with Crippen LogP contribution < -0.4 is 4.74 Å². The minimum absolute atomic E-state index is 0.0832. The van der Waals surface area contributed by atoms with Gasteiger partial charge >= 0.3 is 6.01 Å². The van der Waals surface area contributed by atoms with Crippen molar-refractivity contribution in [3.8, 4) is 12.0 Å². The summed E-state index contributed by atoms with van der Waals surface area (Å²) in [5.74, 6) is 0.374. The fourth-order valence-corrected chi connectivity index (χ4v) is 2.17. The third-order valence-corrected chi connectivity index (χ3v) is 3.25. The number of ether oxygens (including phenoxy) is 1. The molecule has 6 nitrogen and oxygen atoms in total. The van der Waals surface area contributed by atoms with Gasteiger partial charge in [-0.05, 0) is 23.0 Å². The Kier molecular flexibility index (Phi) is 3.39. The Morgan fingerprint density at radius 2 is 2.26 bits per heavy atom. The fourth-order valence-electron chi connectivity index (χ4n) is 1.41. The lowest BCUT2D eigenvalue weighted by Gasteiger charge is -2.05. The van der Waals surface area contributed by atoms with E-state index in [0.29, 0.717) is 12.6 Å². The van der Waals surface area contributed by atoms with Gasteiger partial charge in [0.15, 0.2) is 0 Å². The quantitative estimate of drug-likeness (QED) is 0.739. The van der Waals surface area contributed by atoms with E-state index in [9.17, 15) is 0 Å². The van der Waals surface area contributed by atoms with Crippen LogP contribution in [0.1, 0.15) is 4.88 Å². The first-order valence-corrected chi connectivity index (χ1v) is 6.62. The van der Waals surface area contributed by atoms with E-state index in [0.717, 1.165) is 4.88 Å². The Labute approximate surface area is 117 Å². The van der Waals surface area contributed by atoms with E-state index in [1.165, 1.54) is 0 Å². The van der Waals surface area contributed by atoms with E-state index < -0.39 is 0 Å². The van der Waals surface area contributed by atoms with Gasteiger partial charge in [0.2, 0.25) is 11.2 Å². The Balaban J connectivity index is 1.82.